The number of nitrogens with one attached hydrogen (secondary N) is 2. The maximum atomic E-state index is 13.3. The van der Waals surface area contributed by atoms with E-state index < -0.39 is 11.8 Å². The van der Waals surface area contributed by atoms with Crippen molar-refractivity contribution in [3.05, 3.63) is 71.4 Å². The van der Waals surface area contributed by atoms with Gasteiger partial charge in [0.1, 0.15) is 16.5 Å². The van der Waals surface area contributed by atoms with Crippen molar-refractivity contribution in [3.63, 3.8) is 0 Å². The van der Waals surface area contributed by atoms with Crippen molar-refractivity contribution < 1.29 is 9.59 Å². The summed E-state index contributed by atoms with van der Waals surface area (Å²) in [5.41, 5.74) is 7.43. The Hall–Kier alpha value is -4.22. The number of carbonyl (C=O) groups excluding carboxylic acids is 2. The second-order valence-electron chi connectivity index (χ2n) is 7.83. The van der Waals surface area contributed by atoms with Crippen LogP contribution < -0.4 is 16.4 Å². The van der Waals surface area contributed by atoms with Crippen molar-refractivity contribution in [1.29, 1.82) is 0 Å². The zero-order valence-corrected chi connectivity index (χ0v) is 20.0. The van der Waals surface area contributed by atoms with Gasteiger partial charge in [0.05, 0.1) is 5.69 Å². The molecule has 0 unspecified atom stereocenters. The van der Waals surface area contributed by atoms with Gasteiger partial charge in [-0.15, -0.1) is 10.2 Å². The van der Waals surface area contributed by atoms with Gasteiger partial charge < -0.3 is 21.3 Å². The highest BCUT2D eigenvalue weighted by Gasteiger charge is 2.18. The zero-order chi connectivity index (χ0) is 24.8. The van der Waals surface area contributed by atoms with E-state index >= 15 is 0 Å². The van der Waals surface area contributed by atoms with E-state index in [0.29, 0.717) is 34.4 Å². The van der Waals surface area contributed by atoms with Crippen molar-refractivity contribution >= 4 is 34.7 Å². The first-order valence-corrected chi connectivity index (χ1v) is 11.6. The molecular weight excluding hydrogens is 464 g/mol. The number of rotatable bonds is 9. The highest BCUT2D eigenvalue weighted by Crippen LogP contribution is 2.30. The normalized spacial score (nSPS) is 10.8. The lowest BCUT2D eigenvalue weighted by atomic mass is 10.1. The number of para-hydroxylation sites is 1. The third-order valence-electron chi connectivity index (χ3n) is 4.90. The number of nitrogens with zero attached hydrogens (tertiary/aromatic N) is 5. The predicted octanol–water partition coefficient (Wildman–Crippen LogP) is 2.99. The highest BCUT2D eigenvalue weighted by atomic mass is 32.1. The third kappa shape index (κ3) is 6.02. The maximum absolute atomic E-state index is 13.3. The van der Waals surface area contributed by atoms with Gasteiger partial charge in [-0.1, -0.05) is 53.8 Å². The van der Waals surface area contributed by atoms with E-state index in [9.17, 15) is 9.59 Å². The number of hydrogen-bond donors (Lipinski definition) is 3. The van der Waals surface area contributed by atoms with Gasteiger partial charge in [0.25, 0.3) is 11.8 Å². The minimum absolute atomic E-state index is 0.0953. The fraction of sp³-hybridized carbons (Fsp3) is 0.167. The average molecular weight is 489 g/mol. The Balaban J connectivity index is 1.64. The monoisotopic (exact) mass is 488 g/mol. The fourth-order valence-electron chi connectivity index (χ4n) is 3.17. The van der Waals surface area contributed by atoms with Gasteiger partial charge in [0.2, 0.25) is 5.01 Å². The van der Waals surface area contributed by atoms with E-state index in [4.69, 9.17) is 5.73 Å². The molecule has 0 bridgehead atoms. The summed E-state index contributed by atoms with van der Waals surface area (Å²) in [7, 11) is 3.97. The van der Waals surface area contributed by atoms with Crippen LogP contribution in [0.25, 0.3) is 22.0 Å². The highest BCUT2D eigenvalue weighted by molar-refractivity contribution is 7.16. The molecule has 0 aliphatic carbocycles. The lowest BCUT2D eigenvalue weighted by Crippen LogP contribution is -2.22. The molecule has 178 valence electrons. The summed E-state index contributed by atoms with van der Waals surface area (Å²) in [6.07, 6.45) is 0. The van der Waals surface area contributed by atoms with Gasteiger partial charge in [0, 0.05) is 30.3 Å². The Morgan fingerprint density at radius 3 is 2.46 bits per heavy atom. The lowest BCUT2D eigenvalue weighted by molar-refractivity contribution is 0.0996. The smallest absolute Gasteiger partial charge is 0.279 e. The molecule has 10 nitrogen and oxygen atoms in total. The Morgan fingerprint density at radius 2 is 1.74 bits per heavy atom. The van der Waals surface area contributed by atoms with Crippen LogP contribution in [0.1, 0.15) is 20.3 Å². The molecule has 4 N–H and O–H groups in total. The van der Waals surface area contributed by atoms with Gasteiger partial charge in [-0.3, -0.25) is 9.59 Å². The molecule has 4 aromatic rings. The largest absolute Gasteiger partial charge is 0.369 e. The van der Waals surface area contributed by atoms with Crippen molar-refractivity contribution in [1.82, 2.24) is 25.1 Å². The second kappa shape index (κ2) is 10.8. The summed E-state index contributed by atoms with van der Waals surface area (Å²) in [6.45, 7) is 1.45. The Kier molecular flexibility index (Phi) is 7.38. The molecule has 2 heterocycles. The molecule has 2 aromatic heterocycles. The summed E-state index contributed by atoms with van der Waals surface area (Å²) in [6, 6.07) is 18.2. The first-order chi connectivity index (χ1) is 16.9. The molecule has 0 fully saturated rings. The van der Waals surface area contributed by atoms with Crippen LogP contribution in [0.15, 0.2) is 60.7 Å². The van der Waals surface area contributed by atoms with Crippen LogP contribution in [0.2, 0.25) is 0 Å². The van der Waals surface area contributed by atoms with Gasteiger partial charge in [-0.2, -0.15) is 0 Å². The maximum Gasteiger partial charge on any atom is 0.279 e. The van der Waals surface area contributed by atoms with E-state index in [1.54, 1.807) is 30.3 Å². The second-order valence-corrected chi connectivity index (χ2v) is 8.81. The number of anilines is 2. The van der Waals surface area contributed by atoms with Crippen molar-refractivity contribution in [2.45, 2.75) is 0 Å². The van der Waals surface area contributed by atoms with E-state index in [0.717, 1.165) is 23.4 Å². The minimum Gasteiger partial charge on any atom is -0.369 e. The quantitative estimate of drug-likeness (QED) is 0.327. The van der Waals surface area contributed by atoms with Crippen molar-refractivity contribution in [2.24, 2.45) is 5.73 Å². The van der Waals surface area contributed by atoms with Gasteiger partial charge in [0.15, 0.2) is 5.82 Å². The van der Waals surface area contributed by atoms with E-state index in [1.165, 1.54) is 0 Å². The molecule has 0 aliphatic rings. The molecular formula is C24H24N8O2S. The molecule has 2 amide bonds. The average Bonchev–Trinajstić information content (AvgIpc) is 3.35. The van der Waals surface area contributed by atoms with Crippen LogP contribution in [0, 0.1) is 0 Å². The minimum atomic E-state index is -0.654. The number of benzene rings is 2. The van der Waals surface area contributed by atoms with Crippen molar-refractivity contribution in [3.8, 4) is 22.0 Å². The number of carbonyl (C=O) groups is 2. The molecule has 11 heteroatoms. The molecule has 2 aromatic carbocycles. The summed E-state index contributed by atoms with van der Waals surface area (Å²) in [5.74, 6) is -0.0743. The molecule has 0 atom stereocenters. The summed E-state index contributed by atoms with van der Waals surface area (Å²) in [5, 5.41) is 14.6. The van der Waals surface area contributed by atoms with Crippen LogP contribution in [0.4, 0.5) is 11.5 Å². The molecule has 0 saturated heterocycles. The Bertz CT molecular complexity index is 1340. The molecule has 0 radical (unpaired) electrons. The molecule has 0 saturated carbocycles. The van der Waals surface area contributed by atoms with Crippen LogP contribution in [-0.4, -0.2) is 64.1 Å². The first kappa shape index (κ1) is 23.9. The molecule has 0 aliphatic heterocycles. The third-order valence-corrected chi connectivity index (χ3v) is 5.87. The zero-order valence-electron chi connectivity index (χ0n) is 19.2. The van der Waals surface area contributed by atoms with Crippen LogP contribution in [-0.2, 0) is 0 Å². The standard InChI is InChI=1S/C24H24N8O2S/c1-32(2)13-12-26-19-14-18(27-21(29-19)15-8-4-3-5-9-15)22(34)28-17-11-7-6-10-16(17)23-30-31-24(35-23)20(25)33/h3-11,14H,12-13H2,1-2H3,(H2,25,33)(H,28,34)(H,26,27,29). The Labute approximate surface area is 206 Å². The topological polar surface area (TPSA) is 139 Å². The number of nitrogens with two attached hydrogens (primary N) is 1. The molecule has 4 rings (SSSR count). The number of primary amides is 1. The van der Waals surface area contributed by atoms with Crippen LogP contribution in [0.5, 0.6) is 0 Å². The SMILES string of the molecule is CN(C)CCNc1cc(C(=O)Nc2ccccc2-c2nnc(C(N)=O)s2)nc(-c2ccccc2)n1. The number of hydrogen-bond acceptors (Lipinski definition) is 9. The van der Waals surface area contributed by atoms with E-state index in [1.807, 2.05) is 49.3 Å². The van der Waals surface area contributed by atoms with E-state index in [2.05, 4.69) is 30.8 Å². The summed E-state index contributed by atoms with van der Waals surface area (Å²) >= 11 is 1.06. The predicted molar refractivity (Wildman–Crippen MR) is 136 cm³/mol. The van der Waals surface area contributed by atoms with Crippen molar-refractivity contribution in [2.75, 3.05) is 37.8 Å². The molecule has 35 heavy (non-hydrogen) atoms. The number of aromatic nitrogens is 4. The lowest BCUT2D eigenvalue weighted by Gasteiger charge is -2.13. The van der Waals surface area contributed by atoms with Gasteiger partial charge in [-0.25, -0.2) is 9.97 Å². The van der Waals surface area contributed by atoms with Crippen LogP contribution in [0.3, 0.4) is 0 Å². The molecule has 0 spiro atoms. The first-order valence-electron chi connectivity index (χ1n) is 10.8. The summed E-state index contributed by atoms with van der Waals surface area (Å²) in [4.78, 5) is 35.9. The van der Waals surface area contributed by atoms with Gasteiger partial charge in [-0.05, 0) is 26.2 Å². The van der Waals surface area contributed by atoms with E-state index in [-0.39, 0.29) is 10.7 Å². The number of amides is 2. The Morgan fingerprint density at radius 1 is 1.00 bits per heavy atom. The summed E-state index contributed by atoms with van der Waals surface area (Å²) < 4.78 is 0. The van der Waals surface area contributed by atoms with Crippen LogP contribution >= 0.6 is 11.3 Å². The fourth-order valence-corrected chi connectivity index (χ4v) is 3.91. The van der Waals surface area contributed by atoms with Gasteiger partial charge >= 0.3 is 0 Å². The number of likely N-dealkylation sites (N-methyl/N-ethyl adjacent to an activating group) is 1.